The highest BCUT2D eigenvalue weighted by Crippen LogP contribution is 2.43. The summed E-state index contributed by atoms with van der Waals surface area (Å²) in [5, 5.41) is 4.21. The van der Waals surface area contributed by atoms with Gasteiger partial charge in [-0.3, -0.25) is 4.79 Å². The zero-order valence-electron chi connectivity index (χ0n) is 18.8. The molecule has 0 saturated carbocycles. The van der Waals surface area contributed by atoms with Crippen LogP contribution >= 0.6 is 11.6 Å². The van der Waals surface area contributed by atoms with Crippen molar-refractivity contribution in [3.63, 3.8) is 0 Å². The largest absolute Gasteiger partial charge is 0.443 e. The number of imidazole rings is 1. The van der Waals surface area contributed by atoms with Gasteiger partial charge in [0.2, 0.25) is 5.91 Å². The van der Waals surface area contributed by atoms with Gasteiger partial charge in [0.05, 0.1) is 22.8 Å². The molecule has 32 heavy (non-hydrogen) atoms. The number of rotatable bonds is 2. The van der Waals surface area contributed by atoms with Gasteiger partial charge in [0, 0.05) is 29.2 Å². The van der Waals surface area contributed by atoms with Crippen LogP contribution in [0.3, 0.4) is 0 Å². The summed E-state index contributed by atoms with van der Waals surface area (Å²) >= 11 is 6.05. The third-order valence-corrected chi connectivity index (χ3v) is 5.72. The second-order valence-corrected chi connectivity index (χ2v) is 9.58. The fourth-order valence-corrected chi connectivity index (χ4v) is 4.41. The number of hydrogen-bond acceptors (Lipinski definition) is 5. The summed E-state index contributed by atoms with van der Waals surface area (Å²) in [5.74, 6) is -0.0497. The van der Waals surface area contributed by atoms with E-state index >= 15 is 0 Å². The first-order valence-corrected chi connectivity index (χ1v) is 11.0. The van der Waals surface area contributed by atoms with Crippen LogP contribution in [0.2, 0.25) is 5.02 Å². The maximum absolute atomic E-state index is 13.0. The van der Waals surface area contributed by atoms with E-state index in [1.54, 1.807) is 11.8 Å². The highest BCUT2D eigenvalue weighted by molar-refractivity contribution is 6.30. The predicted molar refractivity (Wildman–Crippen MR) is 126 cm³/mol. The lowest BCUT2D eigenvalue weighted by Crippen LogP contribution is -2.43. The van der Waals surface area contributed by atoms with Crippen LogP contribution in [0.1, 0.15) is 52.6 Å². The molecule has 8 heteroatoms. The molecule has 1 N–H and O–H groups in total. The van der Waals surface area contributed by atoms with Gasteiger partial charge in [-0.25, -0.2) is 14.3 Å². The second-order valence-electron chi connectivity index (χ2n) is 9.14. The molecule has 2 atom stereocenters. The van der Waals surface area contributed by atoms with E-state index in [0.29, 0.717) is 22.5 Å². The summed E-state index contributed by atoms with van der Waals surface area (Å²) in [4.78, 5) is 31.7. The summed E-state index contributed by atoms with van der Waals surface area (Å²) in [7, 11) is 0. The first-order chi connectivity index (χ1) is 15.0. The molecule has 0 unspecified atom stereocenters. The molecule has 1 aromatic heterocycles. The fraction of sp³-hybridized carbons (Fsp3) is 0.375. The lowest BCUT2D eigenvalue weighted by molar-refractivity contribution is -0.117. The first kappa shape index (κ1) is 22.1. The van der Waals surface area contributed by atoms with Gasteiger partial charge in [-0.05, 0) is 70.5 Å². The molecule has 2 aromatic carbocycles. The van der Waals surface area contributed by atoms with E-state index < -0.39 is 11.7 Å². The van der Waals surface area contributed by atoms with Gasteiger partial charge in [-0.1, -0.05) is 11.6 Å². The minimum absolute atomic E-state index is 0.0276. The van der Waals surface area contributed by atoms with Crippen LogP contribution in [0.25, 0.3) is 11.0 Å². The normalized spacial score (nSPS) is 18.4. The average Bonchev–Trinajstić information content (AvgIpc) is 3.12. The van der Waals surface area contributed by atoms with E-state index in [0.717, 1.165) is 16.9 Å². The minimum atomic E-state index is -0.649. The number of ether oxygens (including phenoxy) is 1. The lowest BCUT2D eigenvalue weighted by atomic mass is 9.90. The molecule has 4 rings (SSSR count). The van der Waals surface area contributed by atoms with Crippen LogP contribution in [0.15, 0.2) is 42.7 Å². The quantitative estimate of drug-likeness (QED) is 0.531. The Hall–Kier alpha value is -3.06. The molecule has 1 aliphatic heterocycles. The number of carbonyl (C=O) groups excluding carboxylic acids is 2. The van der Waals surface area contributed by atoms with Crippen molar-refractivity contribution < 1.29 is 14.3 Å². The van der Waals surface area contributed by atoms with Crippen LogP contribution in [-0.4, -0.2) is 33.2 Å². The summed E-state index contributed by atoms with van der Waals surface area (Å²) < 4.78 is 7.05. The van der Waals surface area contributed by atoms with Gasteiger partial charge in [0.1, 0.15) is 11.9 Å². The number of aromatic nitrogens is 2. The van der Waals surface area contributed by atoms with Crippen molar-refractivity contribution in [2.75, 3.05) is 10.2 Å². The Bertz CT molecular complexity index is 1180. The van der Waals surface area contributed by atoms with Crippen molar-refractivity contribution in [1.82, 2.24) is 9.55 Å². The Kier molecular flexibility index (Phi) is 5.63. The highest BCUT2D eigenvalue weighted by Gasteiger charge is 2.36. The Balaban J connectivity index is 1.89. The van der Waals surface area contributed by atoms with Gasteiger partial charge >= 0.3 is 6.09 Å². The highest BCUT2D eigenvalue weighted by atomic mass is 35.5. The summed E-state index contributed by atoms with van der Waals surface area (Å²) in [6.45, 7) is 9.05. The third-order valence-electron chi connectivity index (χ3n) is 5.47. The van der Waals surface area contributed by atoms with E-state index in [2.05, 4.69) is 10.3 Å². The fourth-order valence-electron chi connectivity index (χ4n) is 4.28. The summed E-state index contributed by atoms with van der Waals surface area (Å²) in [6, 6.07) is 11.0. The van der Waals surface area contributed by atoms with Crippen molar-refractivity contribution in [3.8, 4) is 0 Å². The molecule has 0 bridgehead atoms. The molecule has 2 heterocycles. The zero-order chi connectivity index (χ0) is 23.2. The molecule has 168 valence electrons. The maximum Gasteiger partial charge on any atom is 0.420 e. The van der Waals surface area contributed by atoms with Crippen molar-refractivity contribution in [2.24, 2.45) is 0 Å². The molecule has 0 aliphatic carbocycles. The lowest BCUT2D eigenvalue weighted by Gasteiger charge is -2.40. The molecule has 7 nitrogen and oxygen atoms in total. The smallest absolute Gasteiger partial charge is 0.420 e. The Morgan fingerprint density at radius 2 is 1.84 bits per heavy atom. The van der Waals surface area contributed by atoms with Crippen molar-refractivity contribution in [1.29, 1.82) is 0 Å². The number of halogens is 1. The number of nitrogens with zero attached hydrogens (tertiary/aromatic N) is 3. The minimum Gasteiger partial charge on any atom is -0.443 e. The predicted octanol–water partition coefficient (Wildman–Crippen LogP) is 5.77. The molecular formula is C24H27ClN4O3. The van der Waals surface area contributed by atoms with E-state index in [1.807, 2.05) is 64.1 Å². The number of nitrogens with one attached hydrogen (secondary N) is 1. The van der Waals surface area contributed by atoms with E-state index in [1.165, 1.54) is 10.9 Å². The van der Waals surface area contributed by atoms with Crippen LogP contribution in [0, 0.1) is 0 Å². The van der Waals surface area contributed by atoms with Gasteiger partial charge in [0.15, 0.2) is 0 Å². The third kappa shape index (κ3) is 4.17. The molecule has 1 amide bonds. The summed E-state index contributed by atoms with van der Waals surface area (Å²) in [6.07, 6.45) is 1.63. The van der Waals surface area contributed by atoms with Crippen LogP contribution in [-0.2, 0) is 9.53 Å². The molecule has 0 spiro atoms. The number of anilines is 2. The van der Waals surface area contributed by atoms with Gasteiger partial charge < -0.3 is 15.0 Å². The molecule has 0 radical (unpaired) electrons. The number of carbonyl (C=O) groups is 2. The van der Waals surface area contributed by atoms with Gasteiger partial charge in [-0.15, -0.1) is 0 Å². The Morgan fingerprint density at radius 1 is 1.16 bits per heavy atom. The van der Waals surface area contributed by atoms with Crippen LogP contribution in [0.4, 0.5) is 16.2 Å². The SMILES string of the molecule is CC(=O)N1c2ccc3ncn(C(=O)OC(C)(C)C)c3c2[C@@H](Nc2ccc(Cl)cc2)C[C@H]1C. The van der Waals surface area contributed by atoms with E-state index in [9.17, 15) is 9.59 Å². The van der Waals surface area contributed by atoms with Crippen molar-refractivity contribution in [3.05, 3.63) is 53.3 Å². The molecule has 0 saturated heterocycles. The second kappa shape index (κ2) is 8.13. The van der Waals surface area contributed by atoms with Crippen molar-refractivity contribution >= 4 is 46.0 Å². The maximum atomic E-state index is 13.0. The molecule has 0 fully saturated rings. The molecular weight excluding hydrogens is 428 g/mol. The Morgan fingerprint density at radius 3 is 2.47 bits per heavy atom. The average molecular weight is 455 g/mol. The summed E-state index contributed by atoms with van der Waals surface area (Å²) in [5.41, 5.74) is 3.16. The van der Waals surface area contributed by atoms with Crippen LogP contribution in [0.5, 0.6) is 0 Å². The number of hydrogen-bond donors (Lipinski definition) is 1. The standard InChI is InChI=1S/C24H27ClN4O3/c1-14-12-19(27-17-8-6-16(25)7-9-17)21-20(29(14)15(2)30)11-10-18-22(21)28(13-26-18)23(31)32-24(3,4)5/h6-11,13-14,19,27H,12H2,1-5H3/t14-,19+/m1/s1. The first-order valence-electron chi connectivity index (χ1n) is 10.6. The van der Waals surface area contributed by atoms with Crippen molar-refractivity contribution in [2.45, 2.75) is 58.7 Å². The Labute approximate surface area is 192 Å². The topological polar surface area (TPSA) is 76.5 Å². The van der Waals surface area contributed by atoms with E-state index in [4.69, 9.17) is 16.3 Å². The number of fused-ring (bicyclic) bond motifs is 3. The zero-order valence-corrected chi connectivity index (χ0v) is 19.6. The van der Waals surface area contributed by atoms with Gasteiger partial charge in [-0.2, -0.15) is 0 Å². The van der Waals surface area contributed by atoms with Gasteiger partial charge in [0.25, 0.3) is 0 Å². The monoisotopic (exact) mass is 454 g/mol. The van der Waals surface area contributed by atoms with Crippen LogP contribution < -0.4 is 10.2 Å². The number of benzene rings is 2. The molecule has 1 aliphatic rings. The number of amides is 1. The molecule has 3 aromatic rings. The van der Waals surface area contributed by atoms with E-state index in [-0.39, 0.29) is 18.0 Å².